The van der Waals surface area contributed by atoms with Crippen LogP contribution in [0.5, 0.6) is 5.75 Å². The number of ether oxygens (including phenoxy) is 1. The molecule has 1 saturated carbocycles. The summed E-state index contributed by atoms with van der Waals surface area (Å²) in [6, 6.07) is 2.49. The third kappa shape index (κ3) is 2.76. The quantitative estimate of drug-likeness (QED) is 0.860. The van der Waals surface area contributed by atoms with Crippen LogP contribution >= 0.6 is 0 Å². The number of halogens is 2. The molecule has 3 nitrogen and oxygen atoms in total. The fourth-order valence-corrected chi connectivity index (χ4v) is 3.02. The van der Waals surface area contributed by atoms with E-state index < -0.39 is 23.5 Å². The van der Waals surface area contributed by atoms with Crippen LogP contribution in [0.2, 0.25) is 0 Å². The average molecular weight is 284 g/mol. The highest BCUT2D eigenvalue weighted by Crippen LogP contribution is 2.41. The molecular weight excluding hydrogens is 266 g/mol. The van der Waals surface area contributed by atoms with Crippen LogP contribution in [0.4, 0.5) is 8.78 Å². The van der Waals surface area contributed by atoms with Gasteiger partial charge in [-0.05, 0) is 18.9 Å². The van der Waals surface area contributed by atoms with E-state index in [1.54, 1.807) is 0 Å². The van der Waals surface area contributed by atoms with Gasteiger partial charge in [0, 0.05) is 11.5 Å². The summed E-state index contributed by atoms with van der Waals surface area (Å²) in [6.07, 6.45) is 3.91. The minimum Gasteiger partial charge on any atom is -0.493 e. The second kappa shape index (κ2) is 6.20. The summed E-state index contributed by atoms with van der Waals surface area (Å²) in [5.41, 5.74) is 0.459. The molecule has 0 aromatic heterocycles. The van der Waals surface area contributed by atoms with Crippen molar-refractivity contribution in [2.75, 3.05) is 7.11 Å². The summed E-state index contributed by atoms with van der Waals surface area (Å²) in [7, 11) is 1.27. The zero-order valence-corrected chi connectivity index (χ0v) is 11.4. The van der Waals surface area contributed by atoms with E-state index in [2.05, 4.69) is 0 Å². The van der Waals surface area contributed by atoms with E-state index in [9.17, 15) is 18.7 Å². The molecular formula is C15H18F2O3. The zero-order chi connectivity index (χ0) is 14.7. The number of carbonyl (C=O) groups is 1. The van der Waals surface area contributed by atoms with Gasteiger partial charge in [-0.15, -0.1) is 0 Å². The lowest BCUT2D eigenvalue weighted by Crippen LogP contribution is -2.22. The summed E-state index contributed by atoms with van der Waals surface area (Å²) in [5, 5.41) is 9.37. The minimum atomic E-state index is -1.04. The van der Waals surface area contributed by atoms with Crippen LogP contribution in [0.15, 0.2) is 12.1 Å². The highest BCUT2D eigenvalue weighted by molar-refractivity contribution is 5.71. The Hall–Kier alpha value is -1.65. The van der Waals surface area contributed by atoms with Crippen molar-refractivity contribution in [3.63, 3.8) is 0 Å². The van der Waals surface area contributed by atoms with Crippen LogP contribution in [-0.2, 0) is 4.79 Å². The third-order valence-electron chi connectivity index (χ3n) is 4.02. The van der Waals surface area contributed by atoms with Crippen molar-refractivity contribution < 1.29 is 23.4 Å². The minimum absolute atomic E-state index is 0.164. The molecule has 0 heterocycles. The van der Waals surface area contributed by atoms with E-state index in [0.29, 0.717) is 18.4 Å². The number of methoxy groups -OCH3 is 1. The second-order valence-electron chi connectivity index (χ2n) is 5.17. The smallest absolute Gasteiger partial charge is 0.307 e. The molecule has 5 heteroatoms. The maximum Gasteiger partial charge on any atom is 0.307 e. The predicted octanol–water partition coefficient (Wildman–Crippen LogP) is 3.72. The number of carboxylic acid groups (broad SMARTS) is 1. The molecule has 1 aliphatic rings. The molecule has 0 bridgehead atoms. The molecule has 2 rings (SSSR count). The first-order valence-corrected chi connectivity index (χ1v) is 6.81. The van der Waals surface area contributed by atoms with E-state index in [0.717, 1.165) is 25.3 Å². The van der Waals surface area contributed by atoms with Crippen molar-refractivity contribution in [2.24, 2.45) is 5.92 Å². The SMILES string of the molecule is COc1c([C@@H]2CCCCCC2C(=O)O)ccc(F)c1F. The summed E-state index contributed by atoms with van der Waals surface area (Å²) in [6.45, 7) is 0. The van der Waals surface area contributed by atoms with Gasteiger partial charge in [-0.1, -0.05) is 25.3 Å². The van der Waals surface area contributed by atoms with Crippen LogP contribution < -0.4 is 4.74 Å². The van der Waals surface area contributed by atoms with E-state index >= 15 is 0 Å². The van der Waals surface area contributed by atoms with Gasteiger partial charge in [0.2, 0.25) is 5.82 Å². The highest BCUT2D eigenvalue weighted by Gasteiger charge is 2.33. The standard InChI is InChI=1S/C15H18F2O3/c1-20-14-10(7-8-12(16)13(14)17)9-5-3-2-4-6-11(9)15(18)19/h7-9,11H,2-6H2,1H3,(H,18,19)/t9-,11?/m0/s1. The molecule has 1 aromatic carbocycles. The Labute approximate surface area is 116 Å². The molecule has 0 aliphatic heterocycles. The maximum atomic E-state index is 13.8. The van der Waals surface area contributed by atoms with Crippen LogP contribution in [-0.4, -0.2) is 18.2 Å². The van der Waals surface area contributed by atoms with E-state index in [1.165, 1.54) is 13.2 Å². The van der Waals surface area contributed by atoms with Gasteiger partial charge in [0.15, 0.2) is 11.6 Å². The molecule has 0 spiro atoms. The van der Waals surface area contributed by atoms with Crippen molar-refractivity contribution >= 4 is 5.97 Å². The molecule has 1 aromatic rings. The van der Waals surface area contributed by atoms with E-state index in [1.807, 2.05) is 0 Å². The Morgan fingerprint density at radius 3 is 2.60 bits per heavy atom. The number of carboxylic acids is 1. The first kappa shape index (κ1) is 14.8. The van der Waals surface area contributed by atoms with Gasteiger partial charge >= 0.3 is 5.97 Å². The fourth-order valence-electron chi connectivity index (χ4n) is 3.02. The molecule has 0 amide bonds. The van der Waals surface area contributed by atoms with Gasteiger partial charge < -0.3 is 9.84 Å². The lowest BCUT2D eigenvalue weighted by Gasteiger charge is -2.24. The summed E-state index contributed by atoms with van der Waals surface area (Å²) >= 11 is 0. The topological polar surface area (TPSA) is 46.5 Å². The Morgan fingerprint density at radius 1 is 1.25 bits per heavy atom. The van der Waals surface area contributed by atoms with E-state index in [-0.39, 0.29) is 11.7 Å². The number of hydrogen-bond donors (Lipinski definition) is 1. The largest absolute Gasteiger partial charge is 0.493 e. The number of benzene rings is 1. The summed E-state index contributed by atoms with van der Waals surface area (Å²) in [5.74, 6) is -3.98. The first-order valence-electron chi connectivity index (χ1n) is 6.81. The third-order valence-corrected chi connectivity index (χ3v) is 4.02. The molecule has 1 aliphatic carbocycles. The molecule has 1 fully saturated rings. The van der Waals surface area contributed by atoms with Crippen molar-refractivity contribution in [2.45, 2.75) is 38.0 Å². The van der Waals surface area contributed by atoms with Gasteiger partial charge in [0.1, 0.15) is 0 Å². The zero-order valence-electron chi connectivity index (χ0n) is 11.4. The lowest BCUT2D eigenvalue weighted by molar-refractivity contribution is -0.142. The number of aliphatic carboxylic acids is 1. The molecule has 20 heavy (non-hydrogen) atoms. The van der Waals surface area contributed by atoms with Gasteiger partial charge in [0.25, 0.3) is 0 Å². The van der Waals surface area contributed by atoms with Gasteiger partial charge in [0.05, 0.1) is 13.0 Å². The Bertz CT molecular complexity index is 502. The van der Waals surface area contributed by atoms with Crippen molar-refractivity contribution in [1.29, 1.82) is 0 Å². The molecule has 1 unspecified atom stereocenters. The highest BCUT2D eigenvalue weighted by atomic mass is 19.2. The van der Waals surface area contributed by atoms with Crippen LogP contribution in [0.25, 0.3) is 0 Å². The Morgan fingerprint density at radius 2 is 1.95 bits per heavy atom. The maximum absolute atomic E-state index is 13.8. The van der Waals surface area contributed by atoms with Gasteiger partial charge in [-0.2, -0.15) is 4.39 Å². The lowest BCUT2D eigenvalue weighted by atomic mass is 9.82. The number of rotatable bonds is 3. The molecule has 0 saturated heterocycles. The Balaban J connectivity index is 2.46. The normalized spacial score (nSPS) is 23.1. The van der Waals surface area contributed by atoms with Crippen LogP contribution in [0.3, 0.4) is 0 Å². The van der Waals surface area contributed by atoms with Crippen molar-refractivity contribution in [3.05, 3.63) is 29.3 Å². The van der Waals surface area contributed by atoms with Crippen LogP contribution in [0, 0.1) is 17.6 Å². The summed E-state index contributed by atoms with van der Waals surface area (Å²) < 4.78 is 32.0. The van der Waals surface area contributed by atoms with Crippen molar-refractivity contribution in [3.8, 4) is 5.75 Å². The predicted molar refractivity (Wildman–Crippen MR) is 69.9 cm³/mol. The van der Waals surface area contributed by atoms with Gasteiger partial charge in [-0.25, -0.2) is 4.39 Å². The van der Waals surface area contributed by atoms with Gasteiger partial charge in [-0.3, -0.25) is 4.79 Å². The van der Waals surface area contributed by atoms with E-state index in [4.69, 9.17) is 4.74 Å². The average Bonchev–Trinajstić information content (AvgIpc) is 2.67. The fraction of sp³-hybridized carbons (Fsp3) is 0.533. The number of hydrogen-bond acceptors (Lipinski definition) is 2. The van der Waals surface area contributed by atoms with Crippen LogP contribution in [0.1, 0.15) is 43.6 Å². The van der Waals surface area contributed by atoms with Crippen molar-refractivity contribution in [1.82, 2.24) is 0 Å². The molecule has 2 atom stereocenters. The molecule has 0 radical (unpaired) electrons. The monoisotopic (exact) mass is 284 g/mol. The molecule has 110 valence electrons. The summed E-state index contributed by atoms with van der Waals surface area (Å²) in [4.78, 5) is 11.4. The Kier molecular flexibility index (Phi) is 4.57. The first-order chi connectivity index (χ1) is 9.56. The molecule has 1 N–H and O–H groups in total. The second-order valence-corrected chi connectivity index (χ2v) is 5.17.